The first-order valence-electron chi connectivity index (χ1n) is 6.66. The fourth-order valence-electron chi connectivity index (χ4n) is 2.27. The van der Waals surface area contributed by atoms with Gasteiger partial charge in [-0.3, -0.25) is 10.1 Å². The highest BCUT2D eigenvalue weighted by Crippen LogP contribution is 2.39. The van der Waals surface area contributed by atoms with Crippen LogP contribution in [0.5, 0.6) is 0 Å². The standard InChI is InChI=1S/C14H15F3N2O3S/c1-13(20,3-4-23-2)12-6-8-5-11(19(21)22)9(14(15,16)17)7-10(8)18-12/h5-7,18,20H,3-4H2,1-2H3. The maximum atomic E-state index is 13.0. The smallest absolute Gasteiger partial charge is 0.384 e. The van der Waals surface area contributed by atoms with Crippen LogP contribution in [-0.2, 0) is 11.8 Å². The van der Waals surface area contributed by atoms with E-state index in [4.69, 9.17) is 0 Å². The minimum absolute atomic E-state index is 0.0994. The summed E-state index contributed by atoms with van der Waals surface area (Å²) >= 11 is 1.53. The van der Waals surface area contributed by atoms with Gasteiger partial charge < -0.3 is 10.1 Å². The lowest BCUT2D eigenvalue weighted by atomic mass is 9.99. The van der Waals surface area contributed by atoms with Gasteiger partial charge in [-0.25, -0.2) is 0 Å². The molecule has 0 aliphatic heterocycles. The number of aliphatic hydroxyl groups is 1. The second kappa shape index (κ2) is 6.04. The van der Waals surface area contributed by atoms with Crippen molar-refractivity contribution in [3.8, 4) is 0 Å². The van der Waals surface area contributed by atoms with Crippen LogP contribution in [0, 0.1) is 10.1 Å². The number of nitro benzene ring substituents is 1. The van der Waals surface area contributed by atoms with E-state index in [2.05, 4.69) is 4.98 Å². The van der Waals surface area contributed by atoms with Gasteiger partial charge in [0.05, 0.1) is 4.92 Å². The normalized spacial score (nSPS) is 14.9. The number of alkyl halides is 3. The summed E-state index contributed by atoms with van der Waals surface area (Å²) in [6.07, 6.45) is -2.56. The van der Waals surface area contributed by atoms with Crippen LogP contribution in [0.25, 0.3) is 10.9 Å². The molecule has 1 aromatic carbocycles. The molecule has 0 aliphatic carbocycles. The Morgan fingerprint density at radius 3 is 2.52 bits per heavy atom. The predicted octanol–water partition coefficient (Wildman–Crippen LogP) is 4.06. The third kappa shape index (κ3) is 3.61. The van der Waals surface area contributed by atoms with Gasteiger partial charge in [0.15, 0.2) is 0 Å². The van der Waals surface area contributed by atoms with E-state index in [0.717, 1.165) is 6.07 Å². The molecule has 2 N–H and O–H groups in total. The molecular formula is C14H15F3N2O3S. The Morgan fingerprint density at radius 1 is 1.35 bits per heavy atom. The number of H-pyrrole nitrogens is 1. The van der Waals surface area contributed by atoms with Crippen LogP contribution in [-0.4, -0.2) is 27.0 Å². The quantitative estimate of drug-likeness (QED) is 0.631. The van der Waals surface area contributed by atoms with Crippen LogP contribution >= 0.6 is 11.8 Å². The van der Waals surface area contributed by atoms with Crippen LogP contribution in [0.4, 0.5) is 18.9 Å². The van der Waals surface area contributed by atoms with E-state index < -0.39 is 28.0 Å². The Hall–Kier alpha value is -1.74. The summed E-state index contributed by atoms with van der Waals surface area (Å²) in [4.78, 5) is 12.6. The molecule has 5 nitrogen and oxygen atoms in total. The third-order valence-electron chi connectivity index (χ3n) is 3.61. The average Bonchev–Trinajstić information content (AvgIpc) is 2.86. The van der Waals surface area contributed by atoms with Gasteiger partial charge in [-0.05, 0) is 37.5 Å². The van der Waals surface area contributed by atoms with Crippen LogP contribution in [0.2, 0.25) is 0 Å². The topological polar surface area (TPSA) is 79.2 Å². The van der Waals surface area contributed by atoms with Crippen molar-refractivity contribution in [1.82, 2.24) is 4.98 Å². The molecule has 0 fully saturated rings. The molecule has 0 radical (unpaired) electrons. The van der Waals surface area contributed by atoms with Crippen LogP contribution in [0.3, 0.4) is 0 Å². The maximum absolute atomic E-state index is 13.0. The number of rotatable bonds is 5. The molecule has 0 aliphatic rings. The van der Waals surface area contributed by atoms with E-state index >= 15 is 0 Å². The van der Waals surface area contributed by atoms with Crippen molar-refractivity contribution < 1.29 is 23.2 Å². The molecule has 23 heavy (non-hydrogen) atoms. The minimum Gasteiger partial charge on any atom is -0.384 e. The van der Waals surface area contributed by atoms with Gasteiger partial charge in [-0.1, -0.05) is 0 Å². The summed E-state index contributed by atoms with van der Waals surface area (Å²) in [5, 5.41) is 21.6. The number of nitrogens with zero attached hydrogens (tertiary/aromatic N) is 1. The van der Waals surface area contributed by atoms with E-state index in [-0.39, 0.29) is 10.9 Å². The second-order valence-electron chi connectivity index (χ2n) is 5.41. The number of nitrogens with one attached hydrogen (secondary N) is 1. The van der Waals surface area contributed by atoms with E-state index in [1.54, 1.807) is 6.92 Å². The van der Waals surface area contributed by atoms with Crippen LogP contribution in [0.15, 0.2) is 18.2 Å². The van der Waals surface area contributed by atoms with Crippen molar-refractivity contribution in [3.05, 3.63) is 39.6 Å². The summed E-state index contributed by atoms with van der Waals surface area (Å²) in [6, 6.07) is 3.03. The highest BCUT2D eigenvalue weighted by atomic mass is 32.2. The molecule has 0 bridgehead atoms. The molecule has 9 heteroatoms. The van der Waals surface area contributed by atoms with Crippen molar-refractivity contribution in [2.75, 3.05) is 12.0 Å². The van der Waals surface area contributed by atoms with Gasteiger partial charge in [0, 0.05) is 22.7 Å². The molecule has 0 spiro atoms. The van der Waals surface area contributed by atoms with Crippen molar-refractivity contribution in [1.29, 1.82) is 0 Å². The fraction of sp³-hybridized carbons (Fsp3) is 0.429. The largest absolute Gasteiger partial charge is 0.423 e. The predicted molar refractivity (Wildman–Crippen MR) is 82.5 cm³/mol. The Labute approximate surface area is 134 Å². The van der Waals surface area contributed by atoms with Gasteiger partial charge in [0.25, 0.3) is 5.69 Å². The zero-order valence-electron chi connectivity index (χ0n) is 12.4. The van der Waals surface area contributed by atoms with E-state index in [0.29, 0.717) is 23.9 Å². The number of aromatic amines is 1. The zero-order chi connectivity index (χ0) is 17.4. The van der Waals surface area contributed by atoms with Crippen molar-refractivity contribution in [3.63, 3.8) is 0 Å². The summed E-state index contributed by atoms with van der Waals surface area (Å²) in [7, 11) is 0. The van der Waals surface area contributed by atoms with E-state index in [1.165, 1.54) is 17.8 Å². The van der Waals surface area contributed by atoms with Crippen LogP contribution in [0.1, 0.15) is 24.6 Å². The first-order valence-corrected chi connectivity index (χ1v) is 8.06. The lowest BCUT2D eigenvalue weighted by molar-refractivity contribution is -0.387. The zero-order valence-corrected chi connectivity index (χ0v) is 13.2. The molecular weight excluding hydrogens is 333 g/mol. The lowest BCUT2D eigenvalue weighted by Gasteiger charge is -2.21. The molecule has 1 aromatic heterocycles. The van der Waals surface area contributed by atoms with Crippen molar-refractivity contribution in [2.24, 2.45) is 0 Å². The SMILES string of the molecule is CSCCC(C)(O)c1cc2cc([N+](=O)[O-])c(C(F)(F)F)cc2[nH]1. The highest BCUT2D eigenvalue weighted by Gasteiger charge is 2.39. The first-order chi connectivity index (χ1) is 10.6. The summed E-state index contributed by atoms with van der Waals surface area (Å²) < 4.78 is 38.9. The van der Waals surface area contributed by atoms with Gasteiger partial charge in [0.2, 0.25) is 0 Å². The Morgan fingerprint density at radius 2 is 2.00 bits per heavy atom. The molecule has 0 saturated heterocycles. The number of hydrogen-bond donors (Lipinski definition) is 2. The number of benzene rings is 1. The summed E-state index contributed by atoms with van der Waals surface area (Å²) in [5.41, 5.74) is -3.14. The summed E-state index contributed by atoms with van der Waals surface area (Å²) in [6.45, 7) is 1.55. The third-order valence-corrected chi connectivity index (χ3v) is 4.22. The Kier molecular flexibility index (Phi) is 4.63. The maximum Gasteiger partial charge on any atom is 0.423 e. The monoisotopic (exact) mass is 348 g/mol. The molecule has 2 aromatic rings. The fourth-order valence-corrected chi connectivity index (χ4v) is 2.87. The molecule has 1 atom stereocenters. The number of aromatic nitrogens is 1. The lowest BCUT2D eigenvalue weighted by Crippen LogP contribution is -2.22. The molecule has 1 heterocycles. The molecule has 2 rings (SSSR count). The number of fused-ring (bicyclic) bond motifs is 1. The molecule has 0 saturated carbocycles. The Balaban J connectivity index is 2.58. The van der Waals surface area contributed by atoms with Crippen molar-refractivity contribution >= 4 is 28.4 Å². The average molecular weight is 348 g/mol. The van der Waals surface area contributed by atoms with Gasteiger partial charge in [-0.2, -0.15) is 24.9 Å². The number of nitro groups is 1. The minimum atomic E-state index is -4.83. The molecule has 0 amide bonds. The van der Waals surface area contributed by atoms with Crippen LogP contribution < -0.4 is 0 Å². The van der Waals surface area contributed by atoms with Gasteiger partial charge in [0.1, 0.15) is 11.2 Å². The number of thioether (sulfide) groups is 1. The van der Waals surface area contributed by atoms with Gasteiger partial charge >= 0.3 is 6.18 Å². The first kappa shape index (κ1) is 17.6. The molecule has 1 unspecified atom stereocenters. The van der Waals surface area contributed by atoms with Crippen molar-refractivity contribution in [2.45, 2.75) is 25.1 Å². The van der Waals surface area contributed by atoms with Gasteiger partial charge in [-0.15, -0.1) is 0 Å². The van der Waals surface area contributed by atoms with E-state index in [1.807, 2.05) is 6.26 Å². The highest BCUT2D eigenvalue weighted by molar-refractivity contribution is 7.98. The summed E-state index contributed by atoms with van der Waals surface area (Å²) in [5.74, 6) is 0.663. The molecule has 126 valence electrons. The number of halogens is 3. The van der Waals surface area contributed by atoms with E-state index in [9.17, 15) is 28.4 Å². The number of hydrogen-bond acceptors (Lipinski definition) is 4. The second-order valence-corrected chi connectivity index (χ2v) is 6.40. The Bertz CT molecular complexity index is 741.